The van der Waals surface area contributed by atoms with E-state index in [0.717, 1.165) is 0 Å². The first-order chi connectivity index (χ1) is 11.0. The van der Waals surface area contributed by atoms with Gasteiger partial charge in [-0.15, -0.1) is 0 Å². The molecule has 0 radical (unpaired) electrons. The number of hydrogen-bond donors (Lipinski definition) is 2. The predicted octanol–water partition coefficient (Wildman–Crippen LogP) is 2.84. The fourth-order valence-electron chi connectivity index (χ4n) is 2.55. The molecule has 1 aliphatic rings. The zero-order valence-electron chi connectivity index (χ0n) is 13.6. The van der Waals surface area contributed by atoms with Gasteiger partial charge in [-0.3, -0.25) is 4.79 Å². The van der Waals surface area contributed by atoms with Gasteiger partial charge in [0.1, 0.15) is 5.82 Å². The number of halogens is 1. The number of nitrogens with zero attached hydrogens (tertiary/aromatic N) is 1. The lowest BCUT2D eigenvalue weighted by Gasteiger charge is -2.31. The Hall–Kier alpha value is -2.11. The van der Waals surface area contributed by atoms with Crippen LogP contribution in [0.5, 0.6) is 0 Å². The summed E-state index contributed by atoms with van der Waals surface area (Å²) in [6.45, 7) is 5.78. The molecule has 0 aliphatic carbocycles. The summed E-state index contributed by atoms with van der Waals surface area (Å²) in [6.07, 6.45) is 1.27. The first-order valence-electron chi connectivity index (χ1n) is 8.05. The van der Waals surface area contributed by atoms with Crippen molar-refractivity contribution >= 4 is 17.6 Å². The third-order valence-electron chi connectivity index (χ3n) is 3.95. The molecule has 0 saturated carbocycles. The van der Waals surface area contributed by atoms with Gasteiger partial charge in [0, 0.05) is 25.6 Å². The maximum absolute atomic E-state index is 13.5. The summed E-state index contributed by atoms with van der Waals surface area (Å²) in [4.78, 5) is 25.8. The normalized spacial score (nSPS) is 15.6. The fraction of sp³-hybridized carbons (Fsp3) is 0.529. The van der Waals surface area contributed by atoms with E-state index in [9.17, 15) is 14.0 Å². The summed E-state index contributed by atoms with van der Waals surface area (Å²) in [7, 11) is 0. The molecule has 0 aromatic heterocycles. The zero-order valence-corrected chi connectivity index (χ0v) is 13.6. The van der Waals surface area contributed by atoms with Crippen molar-refractivity contribution in [1.82, 2.24) is 10.2 Å². The summed E-state index contributed by atoms with van der Waals surface area (Å²) >= 11 is 0. The van der Waals surface area contributed by atoms with Crippen molar-refractivity contribution in [3.05, 3.63) is 30.1 Å². The number of anilines is 1. The molecule has 3 amide bonds. The van der Waals surface area contributed by atoms with E-state index in [4.69, 9.17) is 0 Å². The van der Waals surface area contributed by atoms with Crippen molar-refractivity contribution in [3.8, 4) is 0 Å². The molecule has 1 aromatic rings. The minimum Gasteiger partial charge on any atom is -0.356 e. The minimum absolute atomic E-state index is 0.0498. The van der Waals surface area contributed by atoms with Gasteiger partial charge >= 0.3 is 6.03 Å². The van der Waals surface area contributed by atoms with E-state index in [1.165, 1.54) is 12.1 Å². The van der Waals surface area contributed by atoms with E-state index in [1.807, 2.05) is 0 Å². The monoisotopic (exact) mass is 321 g/mol. The summed E-state index contributed by atoms with van der Waals surface area (Å²) in [5.74, 6) is -0.0199. The smallest absolute Gasteiger partial charge is 0.321 e. The molecule has 1 aromatic carbocycles. The Morgan fingerprint density at radius 1 is 1.26 bits per heavy atom. The molecule has 1 aliphatic heterocycles. The predicted molar refractivity (Wildman–Crippen MR) is 87.6 cm³/mol. The molecule has 1 heterocycles. The maximum atomic E-state index is 13.5. The number of piperidine rings is 1. The molecule has 23 heavy (non-hydrogen) atoms. The van der Waals surface area contributed by atoms with Gasteiger partial charge < -0.3 is 15.5 Å². The Bertz CT molecular complexity index is 555. The lowest BCUT2D eigenvalue weighted by molar-refractivity contribution is -0.126. The number of benzene rings is 1. The summed E-state index contributed by atoms with van der Waals surface area (Å²) < 4.78 is 13.5. The van der Waals surface area contributed by atoms with Crippen molar-refractivity contribution in [2.24, 2.45) is 11.8 Å². The van der Waals surface area contributed by atoms with E-state index in [2.05, 4.69) is 24.5 Å². The number of para-hydroxylation sites is 1. The third kappa shape index (κ3) is 4.94. The largest absolute Gasteiger partial charge is 0.356 e. The number of carbonyl (C=O) groups excluding carboxylic acids is 2. The number of urea groups is 1. The van der Waals surface area contributed by atoms with Crippen molar-refractivity contribution in [1.29, 1.82) is 0 Å². The molecule has 1 fully saturated rings. The van der Waals surface area contributed by atoms with Crippen LogP contribution in [0.15, 0.2) is 24.3 Å². The second-order valence-corrected chi connectivity index (χ2v) is 6.31. The van der Waals surface area contributed by atoms with Gasteiger partial charge in [0.05, 0.1) is 5.69 Å². The van der Waals surface area contributed by atoms with Crippen LogP contribution in [0.2, 0.25) is 0 Å². The highest BCUT2D eigenvalue weighted by Gasteiger charge is 2.27. The minimum atomic E-state index is -0.455. The molecule has 5 nitrogen and oxygen atoms in total. The number of nitrogens with one attached hydrogen (secondary N) is 2. The molecule has 0 unspecified atom stereocenters. The quantitative estimate of drug-likeness (QED) is 0.896. The van der Waals surface area contributed by atoms with Gasteiger partial charge in [-0.05, 0) is 30.9 Å². The second-order valence-electron chi connectivity index (χ2n) is 6.31. The summed E-state index contributed by atoms with van der Waals surface area (Å²) in [6, 6.07) is 5.76. The standard InChI is InChI=1S/C17H24FN3O2/c1-12(2)11-19-16(22)13-7-9-21(10-8-13)17(23)20-15-6-4-3-5-14(15)18/h3-6,12-13H,7-11H2,1-2H3,(H,19,22)(H,20,23). The molecule has 2 N–H and O–H groups in total. The first kappa shape index (κ1) is 17.2. The average Bonchev–Trinajstić information content (AvgIpc) is 2.54. The van der Waals surface area contributed by atoms with Crippen molar-refractivity contribution in [2.45, 2.75) is 26.7 Å². The van der Waals surface area contributed by atoms with Crippen LogP contribution in [-0.2, 0) is 4.79 Å². The van der Waals surface area contributed by atoms with Gasteiger partial charge in [0.15, 0.2) is 0 Å². The molecule has 126 valence electrons. The number of carbonyl (C=O) groups is 2. The Balaban J connectivity index is 1.81. The van der Waals surface area contributed by atoms with Crippen LogP contribution in [0.25, 0.3) is 0 Å². The molecular weight excluding hydrogens is 297 g/mol. The fourth-order valence-corrected chi connectivity index (χ4v) is 2.55. The van der Waals surface area contributed by atoms with Crippen molar-refractivity contribution < 1.29 is 14.0 Å². The van der Waals surface area contributed by atoms with Gasteiger partial charge in [-0.1, -0.05) is 26.0 Å². The van der Waals surface area contributed by atoms with E-state index in [1.54, 1.807) is 17.0 Å². The molecule has 0 atom stereocenters. The van der Waals surface area contributed by atoms with Crippen LogP contribution in [0.4, 0.5) is 14.9 Å². The Morgan fingerprint density at radius 2 is 1.91 bits per heavy atom. The maximum Gasteiger partial charge on any atom is 0.321 e. The number of rotatable bonds is 4. The topological polar surface area (TPSA) is 61.4 Å². The molecule has 0 bridgehead atoms. The lowest BCUT2D eigenvalue weighted by Crippen LogP contribution is -2.45. The van der Waals surface area contributed by atoms with Crippen molar-refractivity contribution in [2.75, 3.05) is 25.0 Å². The third-order valence-corrected chi connectivity index (χ3v) is 3.95. The second kappa shape index (κ2) is 7.94. The summed E-state index contributed by atoms with van der Waals surface area (Å²) in [5.41, 5.74) is 0.175. The van der Waals surface area contributed by atoms with Gasteiger partial charge in [-0.25, -0.2) is 9.18 Å². The highest BCUT2D eigenvalue weighted by molar-refractivity contribution is 5.89. The molecule has 6 heteroatoms. The first-order valence-corrected chi connectivity index (χ1v) is 8.05. The average molecular weight is 321 g/mol. The van der Waals surface area contributed by atoms with Crippen LogP contribution in [0, 0.1) is 17.7 Å². The van der Waals surface area contributed by atoms with Crippen LogP contribution < -0.4 is 10.6 Å². The summed E-state index contributed by atoms with van der Waals surface area (Å²) in [5, 5.41) is 5.51. The molecule has 0 spiro atoms. The molecular formula is C17H24FN3O2. The Labute approximate surface area is 136 Å². The number of amides is 3. The van der Waals surface area contributed by atoms with Crippen LogP contribution in [0.1, 0.15) is 26.7 Å². The van der Waals surface area contributed by atoms with Crippen LogP contribution in [-0.4, -0.2) is 36.5 Å². The molecule has 2 rings (SSSR count). The number of hydrogen-bond acceptors (Lipinski definition) is 2. The van der Waals surface area contributed by atoms with Gasteiger partial charge in [0.2, 0.25) is 5.91 Å². The lowest BCUT2D eigenvalue weighted by atomic mass is 9.96. The van der Waals surface area contributed by atoms with E-state index >= 15 is 0 Å². The molecule has 1 saturated heterocycles. The van der Waals surface area contributed by atoms with Gasteiger partial charge in [0.25, 0.3) is 0 Å². The Morgan fingerprint density at radius 3 is 2.52 bits per heavy atom. The van der Waals surface area contributed by atoms with Crippen molar-refractivity contribution in [3.63, 3.8) is 0 Å². The van der Waals surface area contributed by atoms with Gasteiger partial charge in [-0.2, -0.15) is 0 Å². The van der Waals surface area contributed by atoms with E-state index in [-0.39, 0.29) is 23.5 Å². The number of likely N-dealkylation sites (tertiary alicyclic amines) is 1. The van der Waals surface area contributed by atoms with Crippen LogP contribution >= 0.6 is 0 Å². The van der Waals surface area contributed by atoms with Crippen LogP contribution in [0.3, 0.4) is 0 Å². The van der Waals surface area contributed by atoms with E-state index < -0.39 is 5.82 Å². The Kier molecular flexibility index (Phi) is 5.96. The zero-order chi connectivity index (χ0) is 16.8. The SMILES string of the molecule is CC(C)CNC(=O)C1CCN(C(=O)Nc2ccccc2F)CC1. The highest BCUT2D eigenvalue weighted by atomic mass is 19.1. The van der Waals surface area contributed by atoms with E-state index in [0.29, 0.717) is 38.4 Å². The highest BCUT2D eigenvalue weighted by Crippen LogP contribution is 2.19.